The lowest BCUT2D eigenvalue weighted by atomic mass is 10.0. The number of hydrogen-bond donors (Lipinski definition) is 4. The van der Waals surface area contributed by atoms with Crippen LogP contribution in [0.15, 0.2) is 60.7 Å². The van der Waals surface area contributed by atoms with Crippen molar-refractivity contribution < 1.29 is 24.0 Å². The monoisotopic (exact) mass is 474 g/mol. The number of rotatable bonds is 12. The summed E-state index contributed by atoms with van der Waals surface area (Å²) in [5.41, 5.74) is 7.05. The van der Waals surface area contributed by atoms with Crippen LogP contribution in [-0.2, 0) is 25.6 Å². The maximum absolute atomic E-state index is 12.9. The lowest BCUT2D eigenvalue weighted by Gasteiger charge is -2.19. The van der Waals surface area contributed by atoms with E-state index in [1.165, 1.54) is 6.08 Å². The van der Waals surface area contributed by atoms with Gasteiger partial charge in [0, 0.05) is 18.4 Å². The summed E-state index contributed by atoms with van der Waals surface area (Å²) in [6, 6.07) is 13.5. The molecule has 9 heteroatoms. The van der Waals surface area contributed by atoms with E-state index < -0.39 is 42.3 Å². The number of nitrogens with one attached hydrogen (secondary N) is 3. The van der Waals surface area contributed by atoms with Crippen molar-refractivity contribution in [3.63, 3.8) is 0 Å². The molecule has 0 saturated heterocycles. The van der Waals surface area contributed by atoms with Gasteiger partial charge in [-0.05, 0) is 29.3 Å². The normalized spacial score (nSPS) is 12.1. The van der Waals surface area contributed by atoms with Crippen LogP contribution in [0.2, 0.25) is 0 Å². The predicted octanol–water partition coefficient (Wildman–Crippen LogP) is 0.349. The zero-order valence-electron chi connectivity index (χ0n) is 18.9. The molecule has 0 fully saturated rings. The Morgan fingerprint density at radius 2 is 1.66 bits per heavy atom. The van der Waals surface area contributed by atoms with E-state index in [9.17, 15) is 24.0 Å². The van der Waals surface area contributed by atoms with Crippen molar-refractivity contribution in [3.05, 3.63) is 77.4 Å². The van der Waals surface area contributed by atoms with Gasteiger partial charge in [-0.25, -0.2) is 0 Å². The quantitative estimate of drug-likeness (QED) is 0.199. The van der Waals surface area contributed by atoms with E-state index in [0.717, 1.165) is 11.1 Å². The summed E-state index contributed by atoms with van der Waals surface area (Å²) in [5.74, 6) is -0.268. The van der Waals surface area contributed by atoms with Crippen molar-refractivity contribution in [2.75, 3.05) is 6.54 Å². The first-order valence-corrected chi connectivity index (χ1v) is 10.7. The summed E-state index contributed by atoms with van der Waals surface area (Å²) < 4.78 is 0. The number of carbonyl (C=O) groups excluding carboxylic acids is 5. The van der Waals surface area contributed by atoms with E-state index in [2.05, 4.69) is 21.9 Å². The molecule has 0 spiro atoms. The molecule has 2 aromatic rings. The van der Waals surface area contributed by atoms with E-state index in [1.54, 1.807) is 42.5 Å². The first-order chi connectivity index (χ1) is 16.8. The van der Waals surface area contributed by atoms with E-state index >= 15 is 0 Å². The third-order valence-corrected chi connectivity index (χ3v) is 4.87. The average molecular weight is 475 g/mol. The molecular formula is C26H26N4O5. The van der Waals surface area contributed by atoms with Gasteiger partial charge in [-0.15, -0.1) is 12.3 Å². The van der Waals surface area contributed by atoms with Crippen LogP contribution in [0, 0.1) is 12.3 Å². The second-order valence-electron chi connectivity index (χ2n) is 7.48. The number of amides is 4. The van der Waals surface area contributed by atoms with Gasteiger partial charge in [0.15, 0.2) is 0 Å². The third-order valence-electron chi connectivity index (χ3n) is 4.87. The number of primary amides is 1. The Labute approximate surface area is 203 Å². The number of hydrogen-bond acceptors (Lipinski definition) is 5. The molecule has 0 saturated carbocycles. The van der Waals surface area contributed by atoms with E-state index in [4.69, 9.17) is 12.2 Å². The van der Waals surface area contributed by atoms with Gasteiger partial charge in [0.05, 0.1) is 6.54 Å². The molecule has 2 rings (SSSR count). The van der Waals surface area contributed by atoms with Crippen molar-refractivity contribution in [2.24, 2.45) is 5.73 Å². The van der Waals surface area contributed by atoms with Gasteiger partial charge < -0.3 is 21.7 Å². The average Bonchev–Trinajstić information content (AvgIpc) is 2.86. The van der Waals surface area contributed by atoms with Crippen molar-refractivity contribution in [3.8, 4) is 12.3 Å². The van der Waals surface area contributed by atoms with Gasteiger partial charge in [0.2, 0.25) is 17.7 Å². The Hall–Kier alpha value is -4.71. The Bertz CT molecular complexity index is 1120. The second-order valence-corrected chi connectivity index (χ2v) is 7.48. The molecule has 35 heavy (non-hydrogen) atoms. The highest BCUT2D eigenvalue weighted by atomic mass is 16.2. The molecule has 0 aliphatic carbocycles. The molecule has 0 aliphatic rings. The summed E-state index contributed by atoms with van der Waals surface area (Å²) in [5, 5.41) is 7.52. The molecular weight excluding hydrogens is 448 g/mol. The summed E-state index contributed by atoms with van der Waals surface area (Å²) >= 11 is 0. The smallest absolute Gasteiger partial charge is 0.251 e. The summed E-state index contributed by atoms with van der Waals surface area (Å²) in [7, 11) is 0. The summed E-state index contributed by atoms with van der Waals surface area (Å²) in [4.78, 5) is 59.6. The summed E-state index contributed by atoms with van der Waals surface area (Å²) in [6.45, 7) is -0.438. The van der Waals surface area contributed by atoms with Crippen LogP contribution >= 0.6 is 0 Å². The standard InChI is InChI=1S/C26H26N4O5/c1-2-7-21(24(27)33)29-23(32)17-28-26(35)22(16-19-8-4-3-5-9-19)30-25(34)20-13-11-18(12-14-20)10-6-15-31/h1,3-6,8-15,21-22H,7,16-17H2,(H2,27,33)(H,28,35)(H,29,32)(H,30,34)/b10-6+/t21-,22-/m0/s1. The van der Waals surface area contributed by atoms with Crippen molar-refractivity contribution in [1.29, 1.82) is 0 Å². The van der Waals surface area contributed by atoms with Crippen LogP contribution < -0.4 is 21.7 Å². The van der Waals surface area contributed by atoms with Crippen LogP contribution in [0.1, 0.15) is 27.9 Å². The molecule has 2 atom stereocenters. The van der Waals surface area contributed by atoms with Gasteiger partial charge in [-0.2, -0.15) is 0 Å². The number of terminal acetylenes is 1. The third kappa shape index (κ3) is 8.98. The largest absolute Gasteiger partial charge is 0.368 e. The van der Waals surface area contributed by atoms with Crippen molar-refractivity contribution >= 4 is 36.0 Å². The van der Waals surface area contributed by atoms with Gasteiger partial charge in [-0.3, -0.25) is 24.0 Å². The minimum Gasteiger partial charge on any atom is -0.368 e. The molecule has 0 heterocycles. The zero-order valence-corrected chi connectivity index (χ0v) is 18.9. The zero-order chi connectivity index (χ0) is 25.6. The van der Waals surface area contributed by atoms with Gasteiger partial charge in [0.1, 0.15) is 18.4 Å². The molecule has 0 bridgehead atoms. The Balaban J connectivity index is 2.08. The second kappa shape index (κ2) is 13.7. The maximum Gasteiger partial charge on any atom is 0.251 e. The van der Waals surface area contributed by atoms with Crippen molar-refractivity contribution in [2.45, 2.75) is 24.9 Å². The lowest BCUT2D eigenvalue weighted by Crippen LogP contribution is -2.52. The number of aldehydes is 1. The lowest BCUT2D eigenvalue weighted by molar-refractivity contribution is -0.129. The number of nitrogens with two attached hydrogens (primary N) is 1. The fourth-order valence-electron chi connectivity index (χ4n) is 3.07. The minimum atomic E-state index is -1.05. The fraction of sp³-hybridized carbons (Fsp3) is 0.192. The molecule has 9 nitrogen and oxygen atoms in total. The number of carbonyl (C=O) groups is 5. The number of allylic oxidation sites excluding steroid dienone is 1. The molecule has 0 unspecified atom stereocenters. The molecule has 2 aromatic carbocycles. The molecule has 5 N–H and O–H groups in total. The minimum absolute atomic E-state index is 0.0779. The van der Waals surface area contributed by atoms with E-state index in [1.807, 2.05) is 18.2 Å². The van der Waals surface area contributed by atoms with Crippen LogP contribution in [0.4, 0.5) is 0 Å². The summed E-state index contributed by atoms with van der Waals surface area (Å²) in [6.07, 6.45) is 8.85. The fourth-order valence-corrected chi connectivity index (χ4v) is 3.07. The Morgan fingerprint density at radius 3 is 2.26 bits per heavy atom. The Kier molecular flexibility index (Phi) is 10.4. The van der Waals surface area contributed by atoms with Gasteiger partial charge in [-0.1, -0.05) is 48.5 Å². The molecule has 4 amide bonds. The molecule has 0 aliphatic heterocycles. The highest BCUT2D eigenvalue weighted by molar-refractivity contribution is 5.98. The van der Waals surface area contributed by atoms with Crippen molar-refractivity contribution in [1.82, 2.24) is 16.0 Å². The maximum atomic E-state index is 12.9. The van der Waals surface area contributed by atoms with Crippen LogP contribution in [0.5, 0.6) is 0 Å². The highest BCUT2D eigenvalue weighted by Gasteiger charge is 2.23. The van der Waals surface area contributed by atoms with E-state index in [-0.39, 0.29) is 12.8 Å². The Morgan fingerprint density at radius 1 is 0.971 bits per heavy atom. The molecule has 0 radical (unpaired) electrons. The first kappa shape index (κ1) is 26.5. The first-order valence-electron chi connectivity index (χ1n) is 10.7. The van der Waals surface area contributed by atoms with Crippen LogP contribution in [-0.4, -0.2) is 48.5 Å². The van der Waals surface area contributed by atoms with Crippen LogP contribution in [0.3, 0.4) is 0 Å². The predicted molar refractivity (Wildman–Crippen MR) is 131 cm³/mol. The van der Waals surface area contributed by atoms with Gasteiger partial charge in [0.25, 0.3) is 5.91 Å². The van der Waals surface area contributed by atoms with E-state index in [0.29, 0.717) is 11.8 Å². The molecule has 180 valence electrons. The number of benzene rings is 2. The SMILES string of the molecule is C#CC[C@H](NC(=O)CNC(=O)[C@H](Cc1ccccc1)NC(=O)c1ccc(/C=C/C=O)cc1)C(N)=O. The highest BCUT2D eigenvalue weighted by Crippen LogP contribution is 2.08. The molecule has 0 aromatic heterocycles. The topological polar surface area (TPSA) is 147 Å². The van der Waals surface area contributed by atoms with Crippen LogP contribution in [0.25, 0.3) is 6.08 Å². The van der Waals surface area contributed by atoms with Gasteiger partial charge >= 0.3 is 0 Å².